The van der Waals surface area contributed by atoms with Crippen LogP contribution in [0.4, 0.5) is 23.2 Å². The van der Waals surface area contributed by atoms with Crippen LogP contribution in [-0.4, -0.2) is 57.6 Å². The number of benzene rings is 2. The van der Waals surface area contributed by atoms with Crippen LogP contribution < -0.4 is 19.7 Å². The van der Waals surface area contributed by atoms with Gasteiger partial charge in [-0.3, -0.25) is 4.98 Å². The van der Waals surface area contributed by atoms with Crippen molar-refractivity contribution in [1.82, 2.24) is 10.3 Å². The molecule has 2 fully saturated rings. The second kappa shape index (κ2) is 10.2. The summed E-state index contributed by atoms with van der Waals surface area (Å²) in [5.41, 5.74) is 2.10. The number of anilines is 1. The number of methoxy groups -OCH3 is 2. The Morgan fingerprint density at radius 3 is 2.59 bits per heavy atom. The van der Waals surface area contributed by atoms with Gasteiger partial charge in [0, 0.05) is 60.8 Å². The standard InChI is InChI=1S/C27H27F4N3O3/c1-35-19-10-16(9-18(28)12-19)21-13-32-14-22(20-4-3-17(27(29,30)31)11-24(20)36-2)26(21)34-7-5-23-25(15-34)37-8-6-33-23/h3-4,9-14,23,25,33H,5-8,15H2,1-2H3/t23-,25-/m1/s1. The summed E-state index contributed by atoms with van der Waals surface area (Å²) >= 11 is 0. The zero-order valence-corrected chi connectivity index (χ0v) is 20.4. The molecule has 10 heteroatoms. The van der Waals surface area contributed by atoms with Gasteiger partial charge in [-0.1, -0.05) is 0 Å². The first kappa shape index (κ1) is 25.3. The summed E-state index contributed by atoms with van der Waals surface area (Å²) in [4.78, 5) is 6.53. The summed E-state index contributed by atoms with van der Waals surface area (Å²) in [7, 11) is 2.79. The summed E-state index contributed by atoms with van der Waals surface area (Å²) in [6.45, 7) is 2.60. The zero-order valence-electron chi connectivity index (χ0n) is 20.4. The lowest BCUT2D eigenvalue weighted by atomic mass is 9.93. The minimum Gasteiger partial charge on any atom is -0.497 e. The monoisotopic (exact) mass is 517 g/mol. The molecule has 2 aliphatic heterocycles. The number of hydrogen-bond acceptors (Lipinski definition) is 6. The van der Waals surface area contributed by atoms with Crippen molar-refractivity contribution in [2.24, 2.45) is 0 Å². The molecule has 6 nitrogen and oxygen atoms in total. The molecule has 2 saturated heterocycles. The van der Waals surface area contributed by atoms with Gasteiger partial charge in [0.25, 0.3) is 0 Å². The van der Waals surface area contributed by atoms with E-state index in [2.05, 4.69) is 15.2 Å². The number of morpholine rings is 1. The smallest absolute Gasteiger partial charge is 0.416 e. The number of piperidine rings is 1. The largest absolute Gasteiger partial charge is 0.497 e. The van der Waals surface area contributed by atoms with Gasteiger partial charge in [-0.25, -0.2) is 4.39 Å². The van der Waals surface area contributed by atoms with Gasteiger partial charge in [0.05, 0.1) is 38.2 Å². The second-order valence-electron chi connectivity index (χ2n) is 9.08. The van der Waals surface area contributed by atoms with Crippen molar-refractivity contribution in [3.8, 4) is 33.8 Å². The van der Waals surface area contributed by atoms with Crippen LogP contribution in [0.2, 0.25) is 0 Å². The minimum absolute atomic E-state index is 0.0621. The number of alkyl halides is 3. The number of aromatic nitrogens is 1. The topological polar surface area (TPSA) is 55.9 Å². The predicted molar refractivity (Wildman–Crippen MR) is 132 cm³/mol. The maximum atomic E-state index is 14.5. The maximum Gasteiger partial charge on any atom is 0.416 e. The van der Waals surface area contributed by atoms with Crippen molar-refractivity contribution in [3.63, 3.8) is 0 Å². The fraction of sp³-hybridized carbons (Fsp3) is 0.370. The molecule has 5 rings (SSSR count). The average Bonchev–Trinajstić information content (AvgIpc) is 2.91. The summed E-state index contributed by atoms with van der Waals surface area (Å²) in [6, 6.07) is 8.01. The van der Waals surface area contributed by atoms with Crippen LogP contribution in [0, 0.1) is 5.82 Å². The quantitative estimate of drug-likeness (QED) is 0.472. The molecule has 0 unspecified atom stereocenters. The molecular weight excluding hydrogens is 490 g/mol. The van der Waals surface area contributed by atoms with E-state index in [1.165, 1.54) is 32.4 Å². The first-order chi connectivity index (χ1) is 17.8. The van der Waals surface area contributed by atoms with Gasteiger partial charge < -0.3 is 24.4 Å². The highest BCUT2D eigenvalue weighted by Gasteiger charge is 2.35. The van der Waals surface area contributed by atoms with Crippen molar-refractivity contribution in [2.45, 2.75) is 24.7 Å². The highest BCUT2D eigenvalue weighted by molar-refractivity contribution is 5.92. The van der Waals surface area contributed by atoms with Crippen molar-refractivity contribution in [1.29, 1.82) is 0 Å². The van der Waals surface area contributed by atoms with E-state index >= 15 is 0 Å². The predicted octanol–water partition coefficient (Wildman–Crippen LogP) is 5.16. The molecule has 3 aromatic rings. The maximum absolute atomic E-state index is 14.5. The number of ether oxygens (including phenoxy) is 3. The van der Waals surface area contributed by atoms with E-state index < -0.39 is 17.6 Å². The van der Waals surface area contributed by atoms with Gasteiger partial charge in [0.15, 0.2) is 0 Å². The molecule has 37 heavy (non-hydrogen) atoms. The number of nitrogens with one attached hydrogen (secondary N) is 1. The van der Waals surface area contributed by atoms with Crippen LogP contribution in [0.15, 0.2) is 48.8 Å². The lowest BCUT2D eigenvalue weighted by Gasteiger charge is -2.43. The van der Waals surface area contributed by atoms with Crippen molar-refractivity contribution in [2.75, 3.05) is 45.4 Å². The molecule has 1 N–H and O–H groups in total. The lowest BCUT2D eigenvalue weighted by molar-refractivity contribution is -0.137. The Labute approximate surface area is 212 Å². The lowest BCUT2D eigenvalue weighted by Crippen LogP contribution is -2.57. The molecule has 2 aliphatic rings. The van der Waals surface area contributed by atoms with E-state index in [1.807, 2.05) is 0 Å². The Morgan fingerprint density at radius 1 is 1.03 bits per heavy atom. The third kappa shape index (κ3) is 5.08. The summed E-state index contributed by atoms with van der Waals surface area (Å²) < 4.78 is 71.5. The number of halogens is 4. The fourth-order valence-electron chi connectivity index (χ4n) is 5.11. The first-order valence-corrected chi connectivity index (χ1v) is 12.0. The van der Waals surface area contributed by atoms with Crippen molar-refractivity contribution >= 4 is 5.69 Å². The van der Waals surface area contributed by atoms with E-state index in [-0.39, 0.29) is 17.9 Å². The molecule has 0 saturated carbocycles. The summed E-state index contributed by atoms with van der Waals surface area (Å²) in [6.07, 6.45) is -0.530. The molecule has 0 amide bonds. The van der Waals surface area contributed by atoms with E-state index in [1.54, 1.807) is 18.5 Å². The highest BCUT2D eigenvalue weighted by Crippen LogP contribution is 2.45. The molecule has 2 atom stereocenters. The van der Waals surface area contributed by atoms with Gasteiger partial charge in [0.1, 0.15) is 17.3 Å². The molecule has 0 radical (unpaired) electrons. The van der Waals surface area contributed by atoms with Crippen molar-refractivity contribution in [3.05, 3.63) is 60.2 Å². The molecule has 196 valence electrons. The Morgan fingerprint density at radius 2 is 1.84 bits per heavy atom. The molecule has 0 aliphatic carbocycles. The molecular formula is C27H27F4N3O3. The Hall–Kier alpha value is -3.37. The highest BCUT2D eigenvalue weighted by atomic mass is 19.4. The number of hydrogen-bond donors (Lipinski definition) is 1. The van der Waals surface area contributed by atoms with E-state index in [9.17, 15) is 17.6 Å². The van der Waals surface area contributed by atoms with E-state index in [4.69, 9.17) is 14.2 Å². The van der Waals surface area contributed by atoms with Gasteiger partial charge in [-0.05, 0) is 42.3 Å². The van der Waals surface area contributed by atoms with Crippen LogP contribution in [0.25, 0.3) is 22.3 Å². The number of rotatable bonds is 5. The number of nitrogens with zero attached hydrogens (tertiary/aromatic N) is 2. The third-order valence-corrected chi connectivity index (χ3v) is 6.87. The SMILES string of the molecule is COc1cc(F)cc(-c2cncc(-c3ccc(C(F)(F)F)cc3OC)c2N2CC[C@H]3NCCO[C@@H]3C2)c1. The zero-order chi connectivity index (χ0) is 26.2. The van der Waals surface area contributed by atoms with Crippen LogP contribution in [0.3, 0.4) is 0 Å². The first-order valence-electron chi connectivity index (χ1n) is 12.0. The van der Waals surface area contributed by atoms with Crippen molar-refractivity contribution < 1.29 is 31.8 Å². The average molecular weight is 518 g/mol. The van der Waals surface area contributed by atoms with Crippen LogP contribution in [-0.2, 0) is 10.9 Å². The van der Waals surface area contributed by atoms with Crippen LogP contribution >= 0.6 is 0 Å². The van der Waals surface area contributed by atoms with E-state index in [0.29, 0.717) is 53.4 Å². The van der Waals surface area contributed by atoms with Gasteiger partial charge in [0.2, 0.25) is 0 Å². The number of fused-ring (bicyclic) bond motifs is 1. The minimum atomic E-state index is -4.51. The molecule has 2 aromatic carbocycles. The second-order valence-corrected chi connectivity index (χ2v) is 9.08. The molecule has 1 aromatic heterocycles. The van der Waals surface area contributed by atoms with Gasteiger partial charge in [-0.15, -0.1) is 0 Å². The van der Waals surface area contributed by atoms with E-state index in [0.717, 1.165) is 25.1 Å². The third-order valence-electron chi connectivity index (χ3n) is 6.87. The van der Waals surface area contributed by atoms with Crippen LogP contribution in [0.5, 0.6) is 11.5 Å². The fourth-order valence-corrected chi connectivity index (χ4v) is 5.11. The Kier molecular flexibility index (Phi) is 6.96. The Bertz CT molecular complexity index is 1280. The van der Waals surface area contributed by atoms with Gasteiger partial charge >= 0.3 is 6.18 Å². The molecule has 0 bridgehead atoms. The van der Waals surface area contributed by atoms with Crippen LogP contribution in [0.1, 0.15) is 12.0 Å². The summed E-state index contributed by atoms with van der Waals surface area (Å²) in [5, 5.41) is 3.49. The van der Waals surface area contributed by atoms with Gasteiger partial charge in [-0.2, -0.15) is 13.2 Å². The molecule has 3 heterocycles. The number of pyridine rings is 1. The molecule has 0 spiro atoms. The normalized spacial score (nSPS) is 19.9. The Balaban J connectivity index is 1.69. The summed E-state index contributed by atoms with van der Waals surface area (Å²) in [5.74, 6) is -0.0642.